The van der Waals surface area contributed by atoms with Gasteiger partial charge in [0.25, 0.3) is 0 Å². The number of nitrogens with zero attached hydrogens (tertiary/aromatic N) is 3. The van der Waals surface area contributed by atoms with Crippen molar-refractivity contribution in [3.63, 3.8) is 0 Å². The smallest absolute Gasteiger partial charge is 0.309 e. The summed E-state index contributed by atoms with van der Waals surface area (Å²) in [6.07, 6.45) is 1.17. The zero-order valence-electron chi connectivity index (χ0n) is 10.6. The molecule has 0 aliphatic carbocycles. The lowest BCUT2D eigenvalue weighted by molar-refractivity contribution is 0.100. The van der Waals surface area contributed by atoms with Crippen LogP contribution in [0.2, 0.25) is 0 Å². The highest BCUT2D eigenvalue weighted by Crippen LogP contribution is 2.12. The van der Waals surface area contributed by atoms with Crippen molar-refractivity contribution in [2.45, 2.75) is 27.4 Å². The molecular weight excluding hydrogens is 258 g/mol. The first-order valence-corrected chi connectivity index (χ1v) is 6.98. The average molecular weight is 275 g/mol. The Bertz CT molecular complexity index is 531. The second-order valence-corrected chi connectivity index (χ2v) is 5.46. The largest absolute Gasteiger partial charge is 0.390 e. The quantitative estimate of drug-likeness (QED) is 0.738. The predicted octanol–water partition coefficient (Wildman–Crippen LogP) is 0.0127. The van der Waals surface area contributed by atoms with Crippen LogP contribution in [-0.4, -0.2) is 45.7 Å². The maximum Gasteiger partial charge on any atom is 0.309 e. The molecule has 0 amide bonds. The lowest BCUT2D eigenvalue weighted by Gasteiger charge is -2.19. The van der Waals surface area contributed by atoms with Gasteiger partial charge in [0.05, 0.1) is 12.3 Å². The van der Waals surface area contributed by atoms with E-state index in [1.165, 1.54) is 17.4 Å². The van der Waals surface area contributed by atoms with Gasteiger partial charge in [0.1, 0.15) is 0 Å². The first-order valence-electron chi connectivity index (χ1n) is 5.59. The van der Waals surface area contributed by atoms with E-state index in [4.69, 9.17) is 5.11 Å². The molecule has 18 heavy (non-hydrogen) atoms. The highest BCUT2D eigenvalue weighted by Gasteiger charge is 2.26. The monoisotopic (exact) mass is 275 g/mol. The summed E-state index contributed by atoms with van der Waals surface area (Å²) < 4.78 is 26.6. The van der Waals surface area contributed by atoms with Gasteiger partial charge < -0.3 is 5.11 Å². The third-order valence-corrected chi connectivity index (χ3v) is 4.43. The lowest BCUT2D eigenvalue weighted by atomic mass is 10.4. The minimum atomic E-state index is -3.81. The van der Waals surface area contributed by atoms with Crippen LogP contribution in [0.3, 0.4) is 0 Å². The van der Waals surface area contributed by atoms with Crippen LogP contribution in [0.25, 0.3) is 0 Å². The summed E-state index contributed by atoms with van der Waals surface area (Å²) in [5, 5.41) is 8.98. The number of hydrogen-bond donors (Lipinski definition) is 1. The Morgan fingerprint density at radius 3 is 2.39 bits per heavy atom. The molecule has 1 aromatic heterocycles. The van der Waals surface area contributed by atoms with Gasteiger partial charge in [-0.05, 0) is 0 Å². The van der Waals surface area contributed by atoms with Crippen LogP contribution in [0.4, 0.5) is 0 Å². The molecule has 0 aromatic carbocycles. The second kappa shape index (κ2) is 5.59. The molecule has 1 aromatic rings. The molecule has 0 aliphatic rings. The highest BCUT2D eigenvalue weighted by molar-refractivity contribution is 7.87. The molecular formula is C10H17N3O4S. The molecule has 0 saturated carbocycles. The standard InChI is InChI=1S/C10H17N3O4S/c1-4-12(5-2)18(16,17)13-6-9(7-14)11-10(13)8(3)15/h6,14H,4-5,7H2,1-3H3. The Morgan fingerprint density at radius 1 is 1.44 bits per heavy atom. The van der Waals surface area contributed by atoms with Crippen molar-refractivity contribution in [1.82, 2.24) is 13.3 Å². The minimum absolute atomic E-state index is 0.149. The summed E-state index contributed by atoms with van der Waals surface area (Å²) in [5.41, 5.74) is 0.149. The van der Waals surface area contributed by atoms with Crippen LogP contribution in [-0.2, 0) is 16.8 Å². The maximum absolute atomic E-state index is 12.3. The number of carbonyl (C=O) groups is 1. The number of aromatic nitrogens is 2. The van der Waals surface area contributed by atoms with Crippen molar-refractivity contribution in [3.8, 4) is 0 Å². The van der Waals surface area contributed by atoms with Gasteiger partial charge in [0.15, 0.2) is 11.6 Å². The molecule has 0 fully saturated rings. The normalized spacial score (nSPS) is 12.1. The van der Waals surface area contributed by atoms with Crippen LogP contribution < -0.4 is 0 Å². The molecule has 1 rings (SSSR count). The summed E-state index contributed by atoms with van der Waals surface area (Å²) in [6.45, 7) is 4.82. The van der Waals surface area contributed by atoms with Crippen LogP contribution in [0.1, 0.15) is 37.1 Å². The molecule has 0 bridgehead atoms. The molecule has 0 atom stereocenters. The van der Waals surface area contributed by atoms with Crippen molar-refractivity contribution < 1.29 is 18.3 Å². The average Bonchev–Trinajstić information content (AvgIpc) is 2.75. The number of rotatable bonds is 6. The fourth-order valence-electron chi connectivity index (χ4n) is 1.57. The number of ketones is 1. The number of Topliss-reactive ketones (excluding diaryl/α,β-unsaturated/α-hetero) is 1. The van der Waals surface area contributed by atoms with Crippen molar-refractivity contribution in [2.75, 3.05) is 13.1 Å². The lowest BCUT2D eigenvalue weighted by Crippen LogP contribution is -2.36. The summed E-state index contributed by atoms with van der Waals surface area (Å²) in [5.74, 6) is -0.656. The van der Waals surface area contributed by atoms with Crippen LogP contribution >= 0.6 is 0 Å². The Labute approximate surface area is 106 Å². The summed E-state index contributed by atoms with van der Waals surface area (Å²) in [7, 11) is -3.81. The summed E-state index contributed by atoms with van der Waals surface area (Å²) >= 11 is 0. The van der Waals surface area contributed by atoms with E-state index < -0.39 is 22.6 Å². The van der Waals surface area contributed by atoms with Gasteiger partial charge in [-0.1, -0.05) is 13.8 Å². The van der Waals surface area contributed by atoms with Gasteiger partial charge in [-0.3, -0.25) is 4.79 Å². The third kappa shape index (κ3) is 2.60. The minimum Gasteiger partial charge on any atom is -0.390 e. The van der Waals surface area contributed by atoms with Crippen molar-refractivity contribution in [1.29, 1.82) is 0 Å². The molecule has 7 nitrogen and oxygen atoms in total. The Hall–Kier alpha value is -1.25. The van der Waals surface area contributed by atoms with E-state index in [0.29, 0.717) is 13.1 Å². The van der Waals surface area contributed by atoms with Gasteiger partial charge in [-0.25, -0.2) is 8.96 Å². The zero-order chi connectivity index (χ0) is 13.9. The number of carbonyl (C=O) groups excluding carboxylic acids is 1. The number of hydrogen-bond acceptors (Lipinski definition) is 5. The molecule has 1 N–H and O–H groups in total. The Morgan fingerprint density at radius 2 is 2.00 bits per heavy atom. The number of aliphatic hydroxyl groups excluding tert-OH is 1. The fourth-order valence-corrected chi connectivity index (χ4v) is 3.12. The van der Waals surface area contributed by atoms with Crippen molar-refractivity contribution in [3.05, 3.63) is 17.7 Å². The second-order valence-electron chi connectivity index (χ2n) is 3.66. The van der Waals surface area contributed by atoms with E-state index >= 15 is 0 Å². The Balaban J connectivity index is 3.39. The SMILES string of the molecule is CCN(CC)S(=O)(=O)n1cc(CO)nc1C(C)=O. The molecule has 0 unspecified atom stereocenters. The van der Waals surface area contributed by atoms with Crippen molar-refractivity contribution >= 4 is 16.0 Å². The third-order valence-electron chi connectivity index (χ3n) is 2.48. The molecule has 0 spiro atoms. The summed E-state index contributed by atoms with van der Waals surface area (Å²) in [4.78, 5) is 15.2. The molecule has 0 saturated heterocycles. The molecule has 8 heteroatoms. The molecule has 102 valence electrons. The van der Waals surface area contributed by atoms with E-state index in [-0.39, 0.29) is 11.5 Å². The van der Waals surface area contributed by atoms with E-state index in [1.807, 2.05) is 0 Å². The summed E-state index contributed by atoms with van der Waals surface area (Å²) in [6, 6.07) is 0. The Kier molecular flexibility index (Phi) is 4.60. The number of aliphatic hydroxyl groups is 1. The predicted molar refractivity (Wildman–Crippen MR) is 65.4 cm³/mol. The van der Waals surface area contributed by atoms with E-state index in [1.54, 1.807) is 13.8 Å². The topological polar surface area (TPSA) is 92.5 Å². The number of imidazole rings is 1. The zero-order valence-corrected chi connectivity index (χ0v) is 11.4. The maximum atomic E-state index is 12.3. The van der Waals surface area contributed by atoms with Gasteiger partial charge in [0.2, 0.25) is 0 Å². The molecule has 0 radical (unpaired) electrons. The fraction of sp³-hybridized carbons (Fsp3) is 0.600. The van der Waals surface area contributed by atoms with Crippen LogP contribution in [0.15, 0.2) is 6.20 Å². The molecule has 0 aliphatic heterocycles. The van der Waals surface area contributed by atoms with Crippen LogP contribution in [0, 0.1) is 0 Å². The van der Waals surface area contributed by atoms with Gasteiger partial charge >= 0.3 is 10.2 Å². The first-order chi connectivity index (χ1) is 8.38. The van der Waals surface area contributed by atoms with Crippen molar-refractivity contribution in [2.24, 2.45) is 0 Å². The molecule has 1 heterocycles. The van der Waals surface area contributed by atoms with E-state index in [2.05, 4.69) is 4.98 Å². The van der Waals surface area contributed by atoms with Gasteiger partial charge in [-0.15, -0.1) is 0 Å². The van der Waals surface area contributed by atoms with E-state index in [9.17, 15) is 13.2 Å². The van der Waals surface area contributed by atoms with Crippen LogP contribution in [0.5, 0.6) is 0 Å². The van der Waals surface area contributed by atoms with Gasteiger partial charge in [-0.2, -0.15) is 12.7 Å². The van der Waals surface area contributed by atoms with Gasteiger partial charge in [0, 0.05) is 26.2 Å². The highest BCUT2D eigenvalue weighted by atomic mass is 32.2. The first kappa shape index (κ1) is 14.8. The van der Waals surface area contributed by atoms with E-state index in [0.717, 1.165) is 3.97 Å².